The second kappa shape index (κ2) is 6.98. The summed E-state index contributed by atoms with van der Waals surface area (Å²) in [6, 6.07) is 7.82. The fraction of sp³-hybridized carbons (Fsp3) is 0.562. The van der Waals surface area contributed by atoms with Gasteiger partial charge in [0, 0.05) is 13.1 Å². The molecule has 1 aliphatic carbocycles. The Morgan fingerprint density at radius 3 is 2.85 bits per heavy atom. The Morgan fingerprint density at radius 2 is 2.15 bits per heavy atom. The fourth-order valence-corrected chi connectivity index (χ4v) is 3.22. The zero-order valence-electron chi connectivity index (χ0n) is 12.1. The van der Waals surface area contributed by atoms with Gasteiger partial charge in [0.2, 0.25) is 5.91 Å². The highest BCUT2D eigenvalue weighted by Gasteiger charge is 2.29. The molecule has 0 spiro atoms. The Kier molecular flexibility index (Phi) is 5.30. The van der Waals surface area contributed by atoms with Crippen LogP contribution >= 0.6 is 11.6 Å². The van der Waals surface area contributed by atoms with Gasteiger partial charge < -0.3 is 9.64 Å². The number of rotatable bonds is 4. The van der Waals surface area contributed by atoms with Crippen molar-refractivity contribution < 1.29 is 9.53 Å². The first-order valence-corrected chi connectivity index (χ1v) is 7.58. The molecule has 4 heteroatoms. The number of halogens is 1. The lowest BCUT2D eigenvalue weighted by Crippen LogP contribution is -2.44. The zero-order chi connectivity index (χ0) is 14.5. The van der Waals surface area contributed by atoms with Crippen LogP contribution in [0.3, 0.4) is 0 Å². The number of hydrogen-bond donors (Lipinski definition) is 0. The molecule has 1 fully saturated rings. The summed E-state index contributed by atoms with van der Waals surface area (Å²) in [5.74, 6) is 0.904. The number of carbonyl (C=O) groups excluding carboxylic acids is 1. The quantitative estimate of drug-likeness (QED) is 0.798. The Hall–Kier alpha value is -1.22. The summed E-state index contributed by atoms with van der Waals surface area (Å²) < 4.78 is 5.18. The fourth-order valence-electron chi connectivity index (χ4n) is 2.77. The van der Waals surface area contributed by atoms with Crippen LogP contribution in [0.2, 0.25) is 0 Å². The van der Waals surface area contributed by atoms with Gasteiger partial charge in [-0.15, -0.1) is 11.6 Å². The molecule has 1 aliphatic rings. The average molecular weight is 296 g/mol. The van der Waals surface area contributed by atoms with Crippen LogP contribution in [0, 0.1) is 0 Å². The lowest BCUT2D eigenvalue weighted by molar-refractivity contribution is -0.131. The number of nitrogens with zero attached hydrogens (tertiary/aromatic N) is 1. The molecule has 20 heavy (non-hydrogen) atoms. The molecule has 2 rings (SSSR count). The molecule has 0 aliphatic heterocycles. The number of benzene rings is 1. The number of amides is 1. The number of hydrogen-bond acceptors (Lipinski definition) is 2. The number of carbonyl (C=O) groups is 1. The molecule has 1 aromatic rings. The number of ether oxygens (including phenoxy) is 1. The van der Waals surface area contributed by atoms with E-state index in [4.69, 9.17) is 16.3 Å². The minimum atomic E-state index is 0.0861. The van der Waals surface area contributed by atoms with Crippen molar-refractivity contribution in [3.8, 4) is 5.75 Å². The maximum absolute atomic E-state index is 12.4. The van der Waals surface area contributed by atoms with Gasteiger partial charge in [-0.05, 0) is 30.5 Å². The van der Waals surface area contributed by atoms with Gasteiger partial charge in [-0.1, -0.05) is 25.0 Å². The van der Waals surface area contributed by atoms with Crippen LogP contribution in [0.5, 0.6) is 5.75 Å². The molecule has 1 saturated carbocycles. The molecule has 110 valence electrons. The second-order valence-electron chi connectivity index (χ2n) is 5.40. The Balaban J connectivity index is 1.99. The zero-order valence-corrected chi connectivity index (χ0v) is 12.9. The van der Waals surface area contributed by atoms with Crippen molar-refractivity contribution in [3.05, 3.63) is 29.8 Å². The van der Waals surface area contributed by atoms with Gasteiger partial charge >= 0.3 is 0 Å². The van der Waals surface area contributed by atoms with Crippen molar-refractivity contribution in [1.82, 2.24) is 4.90 Å². The summed E-state index contributed by atoms with van der Waals surface area (Å²) in [4.78, 5) is 14.2. The molecule has 2 unspecified atom stereocenters. The standard InChI is InChI=1S/C16H22ClNO2/c1-18(15-9-4-3-8-14(15)17)16(19)11-12-6-5-7-13(10-12)20-2/h5-7,10,14-15H,3-4,8-9,11H2,1-2H3. The minimum absolute atomic E-state index is 0.0861. The normalized spacial score (nSPS) is 22.4. The first-order valence-electron chi connectivity index (χ1n) is 7.14. The van der Waals surface area contributed by atoms with Crippen LogP contribution in [0.15, 0.2) is 24.3 Å². The lowest BCUT2D eigenvalue weighted by Gasteiger charge is -2.35. The highest BCUT2D eigenvalue weighted by molar-refractivity contribution is 6.21. The first kappa shape index (κ1) is 15.2. The topological polar surface area (TPSA) is 29.5 Å². The molecular weight excluding hydrogens is 274 g/mol. The van der Waals surface area contributed by atoms with E-state index < -0.39 is 0 Å². The van der Waals surface area contributed by atoms with Gasteiger partial charge in [0.1, 0.15) is 5.75 Å². The minimum Gasteiger partial charge on any atom is -0.497 e. The number of alkyl halides is 1. The third kappa shape index (κ3) is 3.66. The summed E-state index contributed by atoms with van der Waals surface area (Å²) in [5.41, 5.74) is 0.975. The highest BCUT2D eigenvalue weighted by Crippen LogP contribution is 2.27. The summed E-state index contributed by atoms with van der Waals surface area (Å²) in [7, 11) is 3.50. The monoisotopic (exact) mass is 295 g/mol. The van der Waals surface area contributed by atoms with E-state index in [1.165, 1.54) is 6.42 Å². The van der Waals surface area contributed by atoms with Crippen molar-refractivity contribution in [3.63, 3.8) is 0 Å². The van der Waals surface area contributed by atoms with Gasteiger partial charge in [0.05, 0.1) is 18.9 Å². The molecular formula is C16H22ClNO2. The second-order valence-corrected chi connectivity index (χ2v) is 5.96. The van der Waals surface area contributed by atoms with Crippen molar-refractivity contribution >= 4 is 17.5 Å². The summed E-state index contributed by atoms with van der Waals surface area (Å²) in [5, 5.41) is 0.0861. The number of likely N-dealkylation sites (N-methyl/N-ethyl adjacent to an activating group) is 1. The van der Waals surface area contributed by atoms with Crippen molar-refractivity contribution in [2.75, 3.05) is 14.2 Å². The van der Waals surface area contributed by atoms with Crippen LogP contribution in [0.1, 0.15) is 31.2 Å². The molecule has 0 aromatic heterocycles. The molecule has 0 saturated heterocycles. The predicted octanol–water partition coefficient (Wildman–Crippen LogP) is 3.25. The smallest absolute Gasteiger partial charge is 0.227 e. The van der Waals surface area contributed by atoms with E-state index >= 15 is 0 Å². The van der Waals surface area contributed by atoms with E-state index in [0.717, 1.165) is 30.6 Å². The molecule has 0 radical (unpaired) electrons. The molecule has 2 atom stereocenters. The van der Waals surface area contributed by atoms with E-state index in [2.05, 4.69) is 0 Å². The third-order valence-electron chi connectivity index (χ3n) is 4.03. The maximum Gasteiger partial charge on any atom is 0.227 e. The molecule has 3 nitrogen and oxygen atoms in total. The van der Waals surface area contributed by atoms with Crippen LogP contribution in [-0.2, 0) is 11.2 Å². The van der Waals surface area contributed by atoms with Crippen LogP contribution in [0.25, 0.3) is 0 Å². The molecule has 1 aromatic carbocycles. The van der Waals surface area contributed by atoms with Gasteiger partial charge in [-0.25, -0.2) is 0 Å². The molecule has 0 N–H and O–H groups in total. The van der Waals surface area contributed by atoms with E-state index in [-0.39, 0.29) is 17.3 Å². The highest BCUT2D eigenvalue weighted by atomic mass is 35.5. The van der Waals surface area contributed by atoms with Crippen LogP contribution < -0.4 is 4.74 Å². The van der Waals surface area contributed by atoms with Gasteiger partial charge in [-0.2, -0.15) is 0 Å². The Bertz CT molecular complexity index is 464. The predicted molar refractivity (Wildman–Crippen MR) is 81.4 cm³/mol. The van der Waals surface area contributed by atoms with Crippen LogP contribution in [-0.4, -0.2) is 36.4 Å². The third-order valence-corrected chi connectivity index (χ3v) is 4.54. The van der Waals surface area contributed by atoms with Gasteiger partial charge in [0.15, 0.2) is 0 Å². The number of methoxy groups -OCH3 is 1. The average Bonchev–Trinajstić information content (AvgIpc) is 2.47. The summed E-state index contributed by atoms with van der Waals surface area (Å²) in [6.45, 7) is 0. The largest absolute Gasteiger partial charge is 0.497 e. The van der Waals surface area contributed by atoms with Crippen LogP contribution in [0.4, 0.5) is 0 Å². The van der Waals surface area contributed by atoms with E-state index in [1.54, 1.807) is 7.11 Å². The lowest BCUT2D eigenvalue weighted by atomic mass is 9.93. The van der Waals surface area contributed by atoms with Crippen molar-refractivity contribution in [2.45, 2.75) is 43.5 Å². The Labute approximate surface area is 125 Å². The maximum atomic E-state index is 12.4. The molecule has 0 bridgehead atoms. The Morgan fingerprint density at radius 1 is 1.40 bits per heavy atom. The van der Waals surface area contributed by atoms with E-state index in [1.807, 2.05) is 36.2 Å². The van der Waals surface area contributed by atoms with Gasteiger partial charge in [0.25, 0.3) is 0 Å². The van der Waals surface area contributed by atoms with Gasteiger partial charge in [-0.3, -0.25) is 4.79 Å². The first-order chi connectivity index (χ1) is 9.61. The van der Waals surface area contributed by atoms with E-state index in [9.17, 15) is 4.79 Å². The summed E-state index contributed by atoms with van der Waals surface area (Å²) in [6.07, 6.45) is 4.73. The molecule has 1 amide bonds. The van der Waals surface area contributed by atoms with Crippen molar-refractivity contribution in [2.24, 2.45) is 0 Å². The van der Waals surface area contributed by atoms with Crippen molar-refractivity contribution in [1.29, 1.82) is 0 Å². The van der Waals surface area contributed by atoms with E-state index in [0.29, 0.717) is 6.42 Å². The summed E-state index contributed by atoms with van der Waals surface area (Å²) >= 11 is 6.36. The SMILES string of the molecule is COc1cccc(CC(=O)N(C)C2CCCCC2Cl)c1. The molecule has 0 heterocycles.